The lowest BCUT2D eigenvalue weighted by atomic mass is 10.2. The maximum absolute atomic E-state index is 12.4. The van der Waals surface area contributed by atoms with Crippen LogP contribution in [0.3, 0.4) is 0 Å². The van der Waals surface area contributed by atoms with Gasteiger partial charge in [0.05, 0.1) is 4.90 Å². The van der Waals surface area contributed by atoms with Crippen LogP contribution in [0, 0.1) is 6.92 Å². The highest BCUT2D eigenvalue weighted by Gasteiger charge is 2.27. The summed E-state index contributed by atoms with van der Waals surface area (Å²) in [5, 5.41) is 2.90. The topological polar surface area (TPSA) is 78.5 Å². The maximum atomic E-state index is 12.4. The van der Waals surface area contributed by atoms with E-state index in [0.717, 1.165) is 25.1 Å². The molecule has 0 bridgehead atoms. The Morgan fingerprint density at radius 3 is 2.46 bits per heavy atom. The molecule has 1 aliphatic rings. The van der Waals surface area contributed by atoms with Crippen LogP contribution >= 0.6 is 0 Å². The number of likely N-dealkylation sites (N-methyl/N-ethyl adjacent to an activating group) is 1. The number of sulfonamides is 1. The number of hydrogen-bond donors (Lipinski definition) is 2. The number of nitrogens with one attached hydrogen (secondary N) is 2. The highest BCUT2D eigenvalue weighted by molar-refractivity contribution is 7.89. The molecular formula is C21H27N3O3S. The van der Waals surface area contributed by atoms with Crippen molar-refractivity contribution in [2.24, 2.45) is 0 Å². The third-order valence-electron chi connectivity index (χ3n) is 4.74. The Bertz CT molecular complexity index is 922. The number of amides is 1. The molecule has 150 valence electrons. The molecule has 3 rings (SSSR count). The number of hydrogen-bond acceptors (Lipinski definition) is 4. The van der Waals surface area contributed by atoms with Crippen LogP contribution in [0.4, 0.5) is 5.69 Å². The fraction of sp³-hybridized carbons (Fsp3) is 0.381. The molecule has 0 spiro atoms. The number of rotatable bonds is 9. The Kier molecular flexibility index (Phi) is 6.36. The van der Waals surface area contributed by atoms with E-state index in [0.29, 0.717) is 18.7 Å². The number of carbonyl (C=O) groups is 1. The van der Waals surface area contributed by atoms with E-state index in [1.165, 1.54) is 17.7 Å². The van der Waals surface area contributed by atoms with Crippen molar-refractivity contribution in [1.82, 2.24) is 10.0 Å². The lowest BCUT2D eigenvalue weighted by Crippen LogP contribution is -2.35. The minimum absolute atomic E-state index is 0.0582. The van der Waals surface area contributed by atoms with Crippen LogP contribution < -0.4 is 14.9 Å². The number of nitrogens with zero attached hydrogens (tertiary/aromatic N) is 1. The summed E-state index contributed by atoms with van der Waals surface area (Å²) in [5.41, 5.74) is 2.78. The average Bonchev–Trinajstić information content (AvgIpc) is 3.48. The van der Waals surface area contributed by atoms with Crippen LogP contribution in [0.25, 0.3) is 0 Å². The van der Waals surface area contributed by atoms with Crippen LogP contribution in [-0.4, -0.2) is 40.0 Å². The Hall–Kier alpha value is -2.38. The lowest BCUT2D eigenvalue weighted by molar-refractivity contribution is 0.0954. The van der Waals surface area contributed by atoms with E-state index in [1.807, 2.05) is 6.07 Å². The van der Waals surface area contributed by atoms with Gasteiger partial charge < -0.3 is 10.2 Å². The van der Waals surface area contributed by atoms with E-state index in [-0.39, 0.29) is 16.8 Å². The zero-order valence-electron chi connectivity index (χ0n) is 16.3. The van der Waals surface area contributed by atoms with E-state index in [9.17, 15) is 13.2 Å². The predicted octanol–water partition coefficient (Wildman–Crippen LogP) is 2.69. The van der Waals surface area contributed by atoms with Crippen LogP contribution in [0.5, 0.6) is 0 Å². The van der Waals surface area contributed by atoms with Crippen molar-refractivity contribution in [1.29, 1.82) is 0 Å². The van der Waals surface area contributed by atoms with Gasteiger partial charge in [-0.05, 0) is 68.7 Å². The van der Waals surface area contributed by atoms with Gasteiger partial charge in [-0.15, -0.1) is 0 Å². The largest absolute Gasteiger partial charge is 0.370 e. The summed E-state index contributed by atoms with van der Waals surface area (Å²) in [6.45, 7) is 6.19. The van der Waals surface area contributed by atoms with E-state index in [4.69, 9.17) is 0 Å². The van der Waals surface area contributed by atoms with Crippen molar-refractivity contribution in [3.05, 3.63) is 59.7 Å². The van der Waals surface area contributed by atoms with Gasteiger partial charge in [-0.1, -0.05) is 12.1 Å². The van der Waals surface area contributed by atoms with Crippen LogP contribution in [0.1, 0.15) is 35.7 Å². The quantitative estimate of drug-likeness (QED) is 0.677. The molecule has 0 atom stereocenters. The second-order valence-electron chi connectivity index (χ2n) is 7.09. The molecule has 0 aromatic heterocycles. The third-order valence-corrected chi connectivity index (χ3v) is 6.28. The molecule has 28 heavy (non-hydrogen) atoms. The zero-order valence-corrected chi connectivity index (χ0v) is 17.1. The first-order chi connectivity index (χ1) is 13.4. The molecule has 6 nitrogen and oxygen atoms in total. The van der Waals surface area contributed by atoms with Gasteiger partial charge in [-0.25, -0.2) is 13.1 Å². The third kappa shape index (κ3) is 5.33. The predicted molar refractivity (Wildman–Crippen MR) is 111 cm³/mol. The molecule has 0 unspecified atom stereocenters. The van der Waals surface area contributed by atoms with Crippen molar-refractivity contribution in [3.63, 3.8) is 0 Å². The molecule has 0 saturated heterocycles. The van der Waals surface area contributed by atoms with E-state index >= 15 is 0 Å². The minimum Gasteiger partial charge on any atom is -0.370 e. The van der Waals surface area contributed by atoms with E-state index < -0.39 is 10.0 Å². The number of anilines is 1. The molecule has 1 amide bonds. The Morgan fingerprint density at radius 1 is 1.14 bits per heavy atom. The SMILES string of the molecule is CCN(CCNC(=O)c1ccc(S(=O)(=O)NC2CC2)cc1)c1cccc(C)c1. The van der Waals surface area contributed by atoms with Gasteiger partial charge in [0.2, 0.25) is 10.0 Å². The second kappa shape index (κ2) is 8.75. The lowest BCUT2D eigenvalue weighted by Gasteiger charge is -2.23. The van der Waals surface area contributed by atoms with Gasteiger partial charge in [0.15, 0.2) is 0 Å². The summed E-state index contributed by atoms with van der Waals surface area (Å²) in [6.07, 6.45) is 1.77. The highest BCUT2D eigenvalue weighted by atomic mass is 32.2. The molecule has 1 aliphatic carbocycles. The summed E-state index contributed by atoms with van der Waals surface area (Å²) >= 11 is 0. The van der Waals surface area contributed by atoms with Crippen molar-refractivity contribution < 1.29 is 13.2 Å². The van der Waals surface area contributed by atoms with E-state index in [2.05, 4.69) is 47.0 Å². The molecule has 2 N–H and O–H groups in total. The molecule has 0 aliphatic heterocycles. The smallest absolute Gasteiger partial charge is 0.251 e. The van der Waals surface area contributed by atoms with Crippen LogP contribution in [0.2, 0.25) is 0 Å². The van der Waals surface area contributed by atoms with Crippen molar-refractivity contribution in [2.75, 3.05) is 24.5 Å². The highest BCUT2D eigenvalue weighted by Crippen LogP contribution is 2.22. The number of aryl methyl sites for hydroxylation is 1. The fourth-order valence-electron chi connectivity index (χ4n) is 2.98. The van der Waals surface area contributed by atoms with Gasteiger partial charge in [-0.2, -0.15) is 0 Å². The van der Waals surface area contributed by atoms with Gasteiger partial charge in [-0.3, -0.25) is 4.79 Å². The summed E-state index contributed by atoms with van der Waals surface area (Å²) in [5.74, 6) is -0.209. The molecular weight excluding hydrogens is 374 g/mol. The van der Waals surface area contributed by atoms with Crippen molar-refractivity contribution in [2.45, 2.75) is 37.6 Å². The maximum Gasteiger partial charge on any atom is 0.251 e. The summed E-state index contributed by atoms with van der Waals surface area (Å²) in [7, 11) is -3.49. The summed E-state index contributed by atoms with van der Waals surface area (Å²) in [6, 6.07) is 14.4. The molecule has 0 heterocycles. The van der Waals surface area contributed by atoms with Crippen molar-refractivity contribution in [3.8, 4) is 0 Å². The minimum atomic E-state index is -3.49. The normalized spacial score (nSPS) is 13.9. The monoisotopic (exact) mass is 401 g/mol. The molecule has 1 fully saturated rings. The summed E-state index contributed by atoms with van der Waals surface area (Å²) < 4.78 is 27.0. The van der Waals surface area contributed by atoms with Gasteiger partial charge >= 0.3 is 0 Å². The molecule has 2 aromatic rings. The Balaban J connectivity index is 1.54. The van der Waals surface area contributed by atoms with Crippen LogP contribution in [0.15, 0.2) is 53.4 Å². The second-order valence-corrected chi connectivity index (χ2v) is 8.81. The zero-order chi connectivity index (χ0) is 20.1. The Labute approximate surface area is 167 Å². The molecule has 2 aromatic carbocycles. The van der Waals surface area contributed by atoms with Gasteiger partial charge in [0.25, 0.3) is 5.91 Å². The number of benzene rings is 2. The molecule has 0 radical (unpaired) electrons. The van der Waals surface area contributed by atoms with Crippen molar-refractivity contribution >= 4 is 21.6 Å². The Morgan fingerprint density at radius 2 is 1.86 bits per heavy atom. The van der Waals surface area contributed by atoms with Gasteiger partial charge in [0, 0.05) is 36.9 Å². The first kappa shape index (κ1) is 20.4. The first-order valence-corrected chi connectivity index (χ1v) is 11.1. The van der Waals surface area contributed by atoms with Crippen LogP contribution in [-0.2, 0) is 10.0 Å². The first-order valence-electron chi connectivity index (χ1n) is 9.61. The molecule has 1 saturated carbocycles. The molecule has 7 heteroatoms. The fourth-order valence-corrected chi connectivity index (χ4v) is 4.28. The van der Waals surface area contributed by atoms with E-state index in [1.54, 1.807) is 12.1 Å². The standard InChI is InChI=1S/C21H27N3O3S/c1-3-24(19-6-4-5-16(2)15-19)14-13-22-21(25)17-7-11-20(12-8-17)28(26,27)23-18-9-10-18/h4-8,11-12,15,18,23H,3,9-10,13-14H2,1-2H3,(H,22,25). The van der Waals surface area contributed by atoms with Gasteiger partial charge in [0.1, 0.15) is 0 Å². The average molecular weight is 402 g/mol. The summed E-state index contributed by atoms with van der Waals surface area (Å²) in [4.78, 5) is 14.7. The number of carbonyl (C=O) groups excluding carboxylic acids is 1.